The lowest BCUT2D eigenvalue weighted by Gasteiger charge is -2.19. The summed E-state index contributed by atoms with van der Waals surface area (Å²) in [6.07, 6.45) is 4.27. The van der Waals surface area contributed by atoms with Crippen molar-refractivity contribution in [1.29, 1.82) is 0 Å². The fraction of sp³-hybridized carbons (Fsp3) is 0.556. The smallest absolute Gasteiger partial charge is 0.328 e. The van der Waals surface area contributed by atoms with Gasteiger partial charge in [-0.25, -0.2) is 0 Å². The van der Waals surface area contributed by atoms with Gasteiger partial charge in [-0.1, -0.05) is 0 Å². The lowest BCUT2D eigenvalue weighted by atomic mass is 10.2. The van der Waals surface area contributed by atoms with E-state index in [1.54, 1.807) is 12.3 Å². The van der Waals surface area contributed by atoms with Gasteiger partial charge in [0.05, 0.1) is 0 Å². The zero-order valence-electron chi connectivity index (χ0n) is 8.07. The molecule has 0 aliphatic carbocycles. The maximum Gasteiger partial charge on any atom is 0.328 e. The molecular formula is C9H13N2O2. The Kier molecular flexibility index (Phi) is 2.70. The second kappa shape index (κ2) is 3.60. The van der Waals surface area contributed by atoms with Gasteiger partial charge in [-0.2, -0.15) is 5.10 Å². The molecule has 0 atom stereocenters. The minimum Gasteiger partial charge on any atom is -0.459 e. The Labute approximate surface area is 77.5 Å². The molecule has 0 saturated heterocycles. The van der Waals surface area contributed by atoms with Crippen LogP contribution >= 0.6 is 0 Å². The van der Waals surface area contributed by atoms with E-state index in [1.165, 1.54) is 4.68 Å². The number of hydrogen-bond acceptors (Lipinski definition) is 3. The van der Waals surface area contributed by atoms with Gasteiger partial charge in [0.1, 0.15) is 18.3 Å². The molecule has 0 amide bonds. The number of rotatable bonds is 2. The van der Waals surface area contributed by atoms with Gasteiger partial charge in [-0.15, -0.1) is 0 Å². The summed E-state index contributed by atoms with van der Waals surface area (Å²) < 4.78 is 6.58. The molecule has 4 heteroatoms. The standard InChI is InChI=1S/C9H13N2O2/c1-9(2,3)13-8(12)7-11-6-4-5-10-11/h4,6H,7H2,1-3H3. The topological polar surface area (TPSA) is 44.1 Å². The number of carbonyl (C=O) groups excluding carboxylic acids is 1. The van der Waals surface area contributed by atoms with Crippen LogP contribution in [-0.2, 0) is 16.1 Å². The van der Waals surface area contributed by atoms with Gasteiger partial charge in [0.25, 0.3) is 0 Å². The first kappa shape index (κ1) is 9.77. The first-order valence-electron chi connectivity index (χ1n) is 4.09. The summed E-state index contributed by atoms with van der Waals surface area (Å²) >= 11 is 0. The van der Waals surface area contributed by atoms with Crippen LogP contribution in [0.3, 0.4) is 0 Å². The number of esters is 1. The van der Waals surface area contributed by atoms with Crippen LogP contribution in [0, 0.1) is 6.20 Å². The number of ether oxygens (including phenoxy) is 1. The first-order valence-corrected chi connectivity index (χ1v) is 4.09. The monoisotopic (exact) mass is 181 g/mol. The number of aromatic nitrogens is 2. The molecule has 0 aromatic carbocycles. The number of hydrogen-bond donors (Lipinski definition) is 0. The molecule has 0 N–H and O–H groups in total. The van der Waals surface area contributed by atoms with E-state index >= 15 is 0 Å². The van der Waals surface area contributed by atoms with Gasteiger partial charge in [0, 0.05) is 6.20 Å². The van der Waals surface area contributed by atoms with Gasteiger partial charge in [-0.3, -0.25) is 9.48 Å². The molecule has 0 saturated carbocycles. The highest BCUT2D eigenvalue weighted by molar-refractivity contribution is 5.69. The predicted octanol–water partition coefficient (Wildman–Crippen LogP) is 1.02. The highest BCUT2D eigenvalue weighted by atomic mass is 16.6. The van der Waals surface area contributed by atoms with E-state index in [1.807, 2.05) is 20.8 Å². The van der Waals surface area contributed by atoms with Crippen molar-refractivity contribution in [2.75, 3.05) is 0 Å². The van der Waals surface area contributed by atoms with E-state index < -0.39 is 5.60 Å². The fourth-order valence-electron chi connectivity index (χ4n) is 0.854. The molecule has 0 spiro atoms. The number of nitrogens with zero attached hydrogens (tertiary/aromatic N) is 2. The van der Waals surface area contributed by atoms with E-state index in [0.29, 0.717) is 0 Å². The molecule has 1 aromatic heterocycles. The van der Waals surface area contributed by atoms with Crippen LogP contribution < -0.4 is 0 Å². The van der Waals surface area contributed by atoms with Crippen LogP contribution in [0.25, 0.3) is 0 Å². The molecule has 0 bridgehead atoms. The van der Waals surface area contributed by atoms with Crippen molar-refractivity contribution in [3.63, 3.8) is 0 Å². The van der Waals surface area contributed by atoms with Crippen LogP contribution in [0.1, 0.15) is 20.8 Å². The van der Waals surface area contributed by atoms with E-state index in [9.17, 15) is 4.79 Å². The maximum absolute atomic E-state index is 11.2. The second-order valence-corrected chi connectivity index (χ2v) is 3.73. The third-order valence-electron chi connectivity index (χ3n) is 1.22. The Morgan fingerprint density at radius 1 is 1.62 bits per heavy atom. The van der Waals surface area contributed by atoms with Crippen LogP contribution in [0.4, 0.5) is 0 Å². The summed E-state index contributed by atoms with van der Waals surface area (Å²) in [6.45, 7) is 5.64. The summed E-state index contributed by atoms with van der Waals surface area (Å²) in [7, 11) is 0. The summed E-state index contributed by atoms with van der Waals surface area (Å²) in [4.78, 5) is 11.2. The second-order valence-electron chi connectivity index (χ2n) is 3.73. The molecule has 1 heterocycles. The molecule has 0 aliphatic rings. The van der Waals surface area contributed by atoms with Crippen LogP contribution in [0.2, 0.25) is 0 Å². The summed E-state index contributed by atoms with van der Waals surface area (Å²) in [5.41, 5.74) is -0.437. The van der Waals surface area contributed by atoms with Gasteiger partial charge in [-0.05, 0) is 26.8 Å². The minimum atomic E-state index is -0.437. The third-order valence-corrected chi connectivity index (χ3v) is 1.22. The quantitative estimate of drug-likeness (QED) is 0.640. The molecule has 1 aromatic rings. The van der Waals surface area contributed by atoms with Gasteiger partial charge in [0.15, 0.2) is 0 Å². The molecule has 13 heavy (non-hydrogen) atoms. The predicted molar refractivity (Wildman–Crippen MR) is 46.9 cm³/mol. The van der Waals surface area contributed by atoms with E-state index in [-0.39, 0.29) is 12.5 Å². The van der Waals surface area contributed by atoms with Crippen molar-refractivity contribution in [2.45, 2.75) is 32.9 Å². The zero-order chi connectivity index (χ0) is 9.90. The van der Waals surface area contributed by atoms with Crippen LogP contribution in [0.5, 0.6) is 0 Å². The molecule has 4 nitrogen and oxygen atoms in total. The molecule has 0 unspecified atom stereocenters. The van der Waals surface area contributed by atoms with Gasteiger partial charge >= 0.3 is 5.97 Å². The molecule has 0 aliphatic heterocycles. The van der Waals surface area contributed by atoms with E-state index in [0.717, 1.165) is 0 Å². The minimum absolute atomic E-state index is 0.140. The third kappa shape index (κ3) is 3.73. The lowest BCUT2D eigenvalue weighted by Crippen LogP contribution is -2.26. The normalized spacial score (nSPS) is 11.3. The average molecular weight is 181 g/mol. The molecule has 1 rings (SSSR count). The van der Waals surface area contributed by atoms with E-state index in [4.69, 9.17) is 4.74 Å². The van der Waals surface area contributed by atoms with Crippen LogP contribution in [0.15, 0.2) is 12.3 Å². The van der Waals surface area contributed by atoms with Crippen molar-refractivity contribution < 1.29 is 9.53 Å². The zero-order valence-corrected chi connectivity index (χ0v) is 8.07. The molecule has 0 fully saturated rings. The largest absolute Gasteiger partial charge is 0.459 e. The average Bonchev–Trinajstić information content (AvgIpc) is 2.34. The summed E-state index contributed by atoms with van der Waals surface area (Å²) in [5, 5.41) is 3.78. The van der Waals surface area contributed by atoms with Crippen molar-refractivity contribution in [1.82, 2.24) is 9.78 Å². The summed E-state index contributed by atoms with van der Waals surface area (Å²) in [6, 6.07) is 1.64. The highest BCUT2D eigenvalue weighted by Crippen LogP contribution is 2.07. The highest BCUT2D eigenvalue weighted by Gasteiger charge is 2.16. The molecular weight excluding hydrogens is 168 g/mol. The van der Waals surface area contributed by atoms with Crippen molar-refractivity contribution >= 4 is 5.97 Å². The number of carbonyl (C=O) groups is 1. The lowest BCUT2D eigenvalue weighted by molar-refractivity contribution is -0.155. The Morgan fingerprint density at radius 3 is 2.77 bits per heavy atom. The van der Waals surface area contributed by atoms with Crippen LogP contribution in [-0.4, -0.2) is 21.4 Å². The van der Waals surface area contributed by atoms with Gasteiger partial charge in [0.2, 0.25) is 0 Å². The summed E-state index contributed by atoms with van der Waals surface area (Å²) in [5.74, 6) is -0.287. The first-order chi connectivity index (χ1) is 5.97. The molecule has 1 radical (unpaired) electrons. The Hall–Kier alpha value is -1.32. The Bertz CT molecular complexity index is 272. The van der Waals surface area contributed by atoms with Crippen molar-refractivity contribution in [3.8, 4) is 0 Å². The van der Waals surface area contributed by atoms with E-state index in [2.05, 4.69) is 11.3 Å². The SMILES string of the molecule is CC(C)(C)OC(=O)Cn1cc[c]n1. The van der Waals surface area contributed by atoms with Crippen molar-refractivity contribution in [2.24, 2.45) is 0 Å². The Morgan fingerprint density at radius 2 is 2.31 bits per heavy atom. The molecule has 71 valence electrons. The fourth-order valence-corrected chi connectivity index (χ4v) is 0.854. The maximum atomic E-state index is 11.2. The van der Waals surface area contributed by atoms with Gasteiger partial charge < -0.3 is 4.74 Å². The Balaban J connectivity index is 2.43. The van der Waals surface area contributed by atoms with Crippen molar-refractivity contribution in [3.05, 3.63) is 18.5 Å².